The average molecular weight is 350 g/mol. The number of thioether (sulfide) groups is 1. The van der Waals surface area contributed by atoms with E-state index in [0.29, 0.717) is 19.1 Å². The molecule has 120 valence electrons. The molecule has 5 nitrogen and oxygen atoms in total. The van der Waals surface area contributed by atoms with Gasteiger partial charge in [-0.2, -0.15) is 0 Å². The molecule has 0 aliphatic carbocycles. The Bertz CT molecular complexity index is 432. The van der Waals surface area contributed by atoms with Crippen molar-refractivity contribution < 1.29 is 13.6 Å². The van der Waals surface area contributed by atoms with Crippen LogP contribution in [0.2, 0.25) is 0 Å². The Morgan fingerprint density at radius 3 is 2.14 bits per heavy atom. The third-order valence-electron chi connectivity index (χ3n) is 2.52. The minimum Gasteiger partial charge on any atom is -0.404 e. The Labute approximate surface area is 136 Å². The molecule has 0 unspecified atom stereocenters. The summed E-state index contributed by atoms with van der Waals surface area (Å²) in [5.41, 5.74) is 0. The maximum absolute atomic E-state index is 5.69. The molecule has 0 aliphatic heterocycles. The van der Waals surface area contributed by atoms with Crippen LogP contribution in [-0.4, -0.2) is 29.7 Å². The molecule has 0 aliphatic rings. The Balaban J connectivity index is 2.66. The highest BCUT2D eigenvalue weighted by Crippen LogP contribution is 2.49. The van der Waals surface area contributed by atoms with E-state index in [4.69, 9.17) is 25.4 Å². The highest BCUT2D eigenvalue weighted by molar-refractivity contribution is 8.07. The topological polar surface area (TPSA) is 53.5 Å². The second-order valence-electron chi connectivity index (χ2n) is 4.33. The van der Waals surface area contributed by atoms with Gasteiger partial charge in [0.15, 0.2) is 0 Å². The van der Waals surface area contributed by atoms with Crippen LogP contribution >= 0.6 is 18.5 Å². The molecule has 0 saturated heterocycles. The largest absolute Gasteiger partial charge is 0.404 e. The monoisotopic (exact) mass is 350 g/mol. The molecule has 0 fully saturated rings. The fraction of sp³-hybridized carbons (Fsp3) is 0.692. The molecule has 0 spiro atoms. The van der Waals surface area contributed by atoms with Crippen molar-refractivity contribution in [3.8, 4) is 5.88 Å². The molecule has 0 N–H and O–H groups in total. The molecule has 1 aromatic heterocycles. The summed E-state index contributed by atoms with van der Waals surface area (Å²) in [4.78, 5) is 0. The van der Waals surface area contributed by atoms with E-state index in [1.165, 1.54) is 11.8 Å². The van der Waals surface area contributed by atoms with Crippen molar-refractivity contribution in [1.29, 1.82) is 0 Å². The normalized spacial score (nSPS) is 11.6. The molecular weight excluding hydrogens is 327 g/mol. The lowest BCUT2D eigenvalue weighted by atomic mass is 10.4. The lowest BCUT2D eigenvalue weighted by Crippen LogP contribution is -2.06. The summed E-state index contributed by atoms with van der Waals surface area (Å²) in [5.74, 6) is 0.351. The summed E-state index contributed by atoms with van der Waals surface area (Å²) < 4.78 is 17.1. The highest BCUT2D eigenvalue weighted by atomic mass is 32.5. The van der Waals surface area contributed by atoms with Crippen LogP contribution in [0.15, 0.2) is 17.2 Å². The smallest absolute Gasteiger partial charge is 0.381 e. The standard InChI is InChI=1S/C13H23N2O3PS2/c1-4-6-10-16-19(20,17-11-7-5-2)18-12-8-9-13(21-3)15-14-12/h8-9H,4-7,10-11H2,1-3H3. The van der Waals surface area contributed by atoms with Crippen molar-refractivity contribution in [3.05, 3.63) is 12.1 Å². The SMILES string of the molecule is CCCCOP(=S)(OCCCC)Oc1ccc(SC)nn1. The van der Waals surface area contributed by atoms with Crippen molar-refractivity contribution in [2.45, 2.75) is 44.6 Å². The molecular formula is C13H23N2O3PS2. The summed E-state index contributed by atoms with van der Waals surface area (Å²) in [6.07, 6.45) is 5.86. The fourth-order valence-electron chi connectivity index (χ4n) is 1.31. The maximum atomic E-state index is 5.69. The number of hydrogen-bond donors (Lipinski definition) is 0. The van der Waals surface area contributed by atoms with Gasteiger partial charge >= 0.3 is 6.72 Å². The summed E-state index contributed by atoms with van der Waals surface area (Å²) in [5, 5.41) is 8.85. The molecule has 0 amide bonds. The van der Waals surface area contributed by atoms with Gasteiger partial charge in [0.05, 0.1) is 13.2 Å². The number of unbranched alkanes of at least 4 members (excludes halogenated alkanes) is 2. The lowest BCUT2D eigenvalue weighted by Gasteiger charge is -2.21. The van der Waals surface area contributed by atoms with Gasteiger partial charge in [0.25, 0.3) is 0 Å². The van der Waals surface area contributed by atoms with Crippen LogP contribution in [0.5, 0.6) is 5.88 Å². The Hall–Kier alpha value is -0.200. The zero-order valence-electron chi connectivity index (χ0n) is 12.8. The predicted octanol–water partition coefficient (Wildman–Crippen LogP) is 4.44. The van der Waals surface area contributed by atoms with Crippen LogP contribution in [-0.2, 0) is 20.9 Å². The van der Waals surface area contributed by atoms with Gasteiger partial charge in [-0.05, 0) is 25.2 Å². The first-order chi connectivity index (χ1) is 10.1. The van der Waals surface area contributed by atoms with E-state index >= 15 is 0 Å². The van der Waals surface area contributed by atoms with Gasteiger partial charge in [-0.1, -0.05) is 26.7 Å². The van der Waals surface area contributed by atoms with Crippen molar-refractivity contribution in [1.82, 2.24) is 10.2 Å². The van der Waals surface area contributed by atoms with Gasteiger partial charge < -0.3 is 4.52 Å². The predicted molar refractivity (Wildman–Crippen MR) is 90.4 cm³/mol. The molecule has 1 rings (SSSR count). The number of hydrogen-bond acceptors (Lipinski definition) is 7. The van der Waals surface area contributed by atoms with Crippen molar-refractivity contribution in [2.75, 3.05) is 19.5 Å². The second-order valence-corrected chi connectivity index (χ2v) is 8.09. The van der Waals surface area contributed by atoms with Crippen LogP contribution in [0.3, 0.4) is 0 Å². The van der Waals surface area contributed by atoms with E-state index in [1.807, 2.05) is 12.3 Å². The molecule has 0 atom stereocenters. The first-order valence-corrected chi connectivity index (χ1v) is 10.9. The van der Waals surface area contributed by atoms with Crippen molar-refractivity contribution in [2.24, 2.45) is 0 Å². The van der Waals surface area contributed by atoms with E-state index in [9.17, 15) is 0 Å². The molecule has 1 aromatic rings. The highest BCUT2D eigenvalue weighted by Gasteiger charge is 2.23. The number of nitrogens with zero attached hydrogens (tertiary/aromatic N) is 2. The zero-order chi connectivity index (χ0) is 15.6. The molecule has 0 saturated carbocycles. The maximum Gasteiger partial charge on any atom is 0.381 e. The van der Waals surface area contributed by atoms with Gasteiger partial charge in [0.2, 0.25) is 5.88 Å². The van der Waals surface area contributed by atoms with E-state index in [0.717, 1.165) is 30.7 Å². The minimum absolute atomic E-state index is 0.351. The number of rotatable bonds is 11. The molecule has 0 bridgehead atoms. The quantitative estimate of drug-likeness (QED) is 0.332. The Morgan fingerprint density at radius 1 is 1.10 bits per heavy atom. The van der Waals surface area contributed by atoms with E-state index in [1.54, 1.807) is 6.07 Å². The van der Waals surface area contributed by atoms with Crippen molar-refractivity contribution in [3.63, 3.8) is 0 Å². The molecule has 8 heteroatoms. The van der Waals surface area contributed by atoms with Gasteiger partial charge in [-0.25, -0.2) is 0 Å². The van der Waals surface area contributed by atoms with E-state index < -0.39 is 6.72 Å². The van der Waals surface area contributed by atoms with E-state index in [2.05, 4.69) is 24.0 Å². The van der Waals surface area contributed by atoms with Crippen LogP contribution in [0.1, 0.15) is 39.5 Å². The van der Waals surface area contributed by atoms with Crippen LogP contribution in [0.4, 0.5) is 0 Å². The summed E-state index contributed by atoms with van der Waals surface area (Å²) in [7, 11) is 0. The Kier molecular flexibility index (Phi) is 9.44. The number of aromatic nitrogens is 2. The minimum atomic E-state index is -2.80. The summed E-state index contributed by atoms with van der Waals surface area (Å²) >= 11 is 6.96. The van der Waals surface area contributed by atoms with Gasteiger partial charge in [0.1, 0.15) is 5.03 Å². The fourth-order valence-corrected chi connectivity index (χ4v) is 3.53. The van der Waals surface area contributed by atoms with Gasteiger partial charge in [-0.3, -0.25) is 9.05 Å². The molecule has 1 heterocycles. The summed E-state index contributed by atoms with van der Waals surface area (Å²) in [6, 6.07) is 3.58. The average Bonchev–Trinajstić information content (AvgIpc) is 2.48. The first-order valence-electron chi connectivity index (χ1n) is 7.10. The molecule has 0 aromatic carbocycles. The van der Waals surface area contributed by atoms with Gasteiger partial charge in [0, 0.05) is 17.9 Å². The first kappa shape index (κ1) is 18.8. The third kappa shape index (κ3) is 7.56. The second kappa shape index (κ2) is 10.5. The van der Waals surface area contributed by atoms with Gasteiger partial charge in [-0.15, -0.1) is 22.0 Å². The van der Waals surface area contributed by atoms with E-state index in [-0.39, 0.29) is 0 Å². The van der Waals surface area contributed by atoms with Crippen LogP contribution in [0, 0.1) is 0 Å². The third-order valence-corrected chi connectivity index (χ3v) is 5.43. The lowest BCUT2D eigenvalue weighted by molar-refractivity contribution is 0.195. The summed E-state index contributed by atoms with van der Waals surface area (Å²) in [6.45, 7) is 2.47. The zero-order valence-corrected chi connectivity index (χ0v) is 15.3. The molecule has 21 heavy (non-hydrogen) atoms. The molecule has 0 radical (unpaired) electrons. The Morgan fingerprint density at radius 2 is 1.71 bits per heavy atom. The van der Waals surface area contributed by atoms with Crippen molar-refractivity contribution >= 4 is 30.3 Å². The van der Waals surface area contributed by atoms with Crippen LogP contribution in [0.25, 0.3) is 0 Å². The van der Waals surface area contributed by atoms with Crippen LogP contribution < -0.4 is 4.52 Å².